The van der Waals surface area contributed by atoms with Crippen molar-refractivity contribution in [3.05, 3.63) is 28.2 Å². The summed E-state index contributed by atoms with van der Waals surface area (Å²) in [6, 6.07) is 5.76. The van der Waals surface area contributed by atoms with Gasteiger partial charge in [-0.2, -0.15) is 0 Å². The molecule has 0 aliphatic carbocycles. The zero-order valence-electron chi connectivity index (χ0n) is 9.10. The van der Waals surface area contributed by atoms with Crippen molar-refractivity contribution in [2.75, 3.05) is 0 Å². The molecule has 0 bridgehead atoms. The van der Waals surface area contributed by atoms with Gasteiger partial charge in [-0.25, -0.2) is 0 Å². The van der Waals surface area contributed by atoms with E-state index >= 15 is 0 Å². The molecule has 0 radical (unpaired) electrons. The number of benzene rings is 1. The van der Waals surface area contributed by atoms with Crippen molar-refractivity contribution in [1.82, 2.24) is 0 Å². The Hall–Kier alpha value is -0.480. The lowest BCUT2D eigenvalue weighted by molar-refractivity contribution is 0.802. The van der Waals surface area contributed by atoms with E-state index in [-0.39, 0.29) is 10.6 Å². The summed E-state index contributed by atoms with van der Waals surface area (Å²) >= 11 is 5.28. The van der Waals surface area contributed by atoms with Gasteiger partial charge in [0.2, 0.25) is 0 Å². The van der Waals surface area contributed by atoms with Crippen molar-refractivity contribution < 1.29 is 0 Å². The van der Waals surface area contributed by atoms with Crippen LogP contribution in [0.3, 0.4) is 0 Å². The van der Waals surface area contributed by atoms with Crippen molar-refractivity contribution in [3.8, 4) is 0 Å². The topological polar surface area (TPSA) is 49.9 Å². The maximum absolute atomic E-state index is 7.33. The third-order valence-electron chi connectivity index (χ3n) is 1.66. The molecule has 15 heavy (non-hydrogen) atoms. The minimum atomic E-state index is 0.100. The van der Waals surface area contributed by atoms with Crippen LogP contribution in [0.1, 0.15) is 26.3 Å². The van der Waals surface area contributed by atoms with Crippen LogP contribution in [0.25, 0.3) is 0 Å². The molecule has 0 fully saturated rings. The second-order valence-corrected chi connectivity index (χ2v) is 7.00. The fourth-order valence-corrected chi connectivity index (χ4v) is 2.65. The number of thioether (sulfide) groups is 1. The molecular formula is C11H15BrN2S. The molecule has 0 saturated heterocycles. The van der Waals surface area contributed by atoms with Gasteiger partial charge in [0, 0.05) is 19.7 Å². The number of amidine groups is 1. The monoisotopic (exact) mass is 286 g/mol. The Balaban J connectivity index is 2.99. The van der Waals surface area contributed by atoms with Gasteiger partial charge in [-0.3, -0.25) is 5.41 Å². The second kappa shape index (κ2) is 4.58. The Morgan fingerprint density at radius 1 is 1.40 bits per heavy atom. The van der Waals surface area contributed by atoms with Gasteiger partial charge in [0.1, 0.15) is 5.84 Å². The molecular weight excluding hydrogens is 272 g/mol. The summed E-state index contributed by atoms with van der Waals surface area (Å²) in [4.78, 5) is 1.17. The summed E-state index contributed by atoms with van der Waals surface area (Å²) in [5, 5.41) is 7.33. The average Bonchev–Trinajstić information content (AvgIpc) is 2.05. The van der Waals surface area contributed by atoms with E-state index in [1.807, 2.05) is 18.2 Å². The zero-order valence-corrected chi connectivity index (χ0v) is 11.5. The number of nitrogen functional groups attached to an aromatic ring is 1. The summed E-state index contributed by atoms with van der Waals surface area (Å²) in [6.07, 6.45) is 0. The summed E-state index contributed by atoms with van der Waals surface area (Å²) in [5.74, 6) is 0.100. The predicted octanol–water partition coefficient (Wildman–Crippen LogP) is 3.62. The van der Waals surface area contributed by atoms with Crippen molar-refractivity contribution in [1.29, 1.82) is 5.41 Å². The molecule has 4 heteroatoms. The van der Waals surface area contributed by atoms with Gasteiger partial charge in [0.25, 0.3) is 0 Å². The first kappa shape index (κ1) is 12.6. The third kappa shape index (κ3) is 3.87. The molecule has 0 unspecified atom stereocenters. The molecule has 0 saturated carbocycles. The van der Waals surface area contributed by atoms with E-state index in [0.717, 1.165) is 10.0 Å². The number of hydrogen-bond donors (Lipinski definition) is 2. The Labute approximate surface area is 103 Å². The van der Waals surface area contributed by atoms with Gasteiger partial charge in [-0.15, -0.1) is 11.8 Å². The molecule has 0 atom stereocenters. The maximum Gasteiger partial charge on any atom is 0.122 e. The third-order valence-corrected chi connectivity index (χ3v) is 3.77. The summed E-state index contributed by atoms with van der Waals surface area (Å²) < 4.78 is 1.18. The van der Waals surface area contributed by atoms with E-state index in [2.05, 4.69) is 36.7 Å². The highest BCUT2D eigenvalue weighted by Gasteiger charge is 2.14. The van der Waals surface area contributed by atoms with Crippen LogP contribution >= 0.6 is 27.7 Å². The highest BCUT2D eigenvalue weighted by Crippen LogP contribution is 2.36. The Morgan fingerprint density at radius 2 is 2.00 bits per heavy atom. The standard InChI is InChI=1S/C11H15BrN2S/c1-11(2,3)15-9-5-4-7(10(13)14)6-8(9)12/h4-6H,1-3H3,(H3,13,14). The van der Waals surface area contributed by atoms with Crippen molar-refractivity contribution in [2.24, 2.45) is 5.73 Å². The Bertz CT molecular complexity index is 383. The molecule has 1 aromatic rings. The van der Waals surface area contributed by atoms with Crippen LogP contribution in [0.2, 0.25) is 0 Å². The minimum absolute atomic E-state index is 0.100. The molecule has 82 valence electrons. The Kier molecular flexibility index (Phi) is 3.84. The molecule has 0 aliphatic heterocycles. The molecule has 0 heterocycles. The van der Waals surface area contributed by atoms with Crippen LogP contribution in [-0.4, -0.2) is 10.6 Å². The smallest absolute Gasteiger partial charge is 0.122 e. The Morgan fingerprint density at radius 3 is 2.40 bits per heavy atom. The van der Waals surface area contributed by atoms with Crippen molar-refractivity contribution in [2.45, 2.75) is 30.4 Å². The van der Waals surface area contributed by atoms with E-state index < -0.39 is 0 Å². The largest absolute Gasteiger partial charge is 0.384 e. The number of rotatable bonds is 2. The molecule has 0 amide bonds. The number of nitrogens with two attached hydrogens (primary N) is 1. The number of nitrogens with one attached hydrogen (secondary N) is 1. The lowest BCUT2D eigenvalue weighted by Crippen LogP contribution is -2.11. The van der Waals surface area contributed by atoms with E-state index in [9.17, 15) is 0 Å². The van der Waals surface area contributed by atoms with E-state index in [1.165, 1.54) is 4.90 Å². The normalized spacial score (nSPS) is 11.5. The summed E-state index contributed by atoms with van der Waals surface area (Å²) in [7, 11) is 0. The molecule has 3 N–H and O–H groups in total. The fraction of sp³-hybridized carbons (Fsp3) is 0.364. The number of hydrogen-bond acceptors (Lipinski definition) is 2. The zero-order chi connectivity index (χ0) is 11.6. The fourth-order valence-electron chi connectivity index (χ4n) is 1.08. The molecule has 0 spiro atoms. The summed E-state index contributed by atoms with van der Waals surface area (Å²) in [6.45, 7) is 6.51. The first-order valence-electron chi connectivity index (χ1n) is 4.62. The van der Waals surface area contributed by atoms with Crippen LogP contribution in [-0.2, 0) is 0 Å². The molecule has 1 rings (SSSR count). The predicted molar refractivity (Wildman–Crippen MR) is 70.8 cm³/mol. The van der Waals surface area contributed by atoms with Crippen molar-refractivity contribution >= 4 is 33.5 Å². The molecule has 2 nitrogen and oxygen atoms in total. The van der Waals surface area contributed by atoms with E-state index in [0.29, 0.717) is 0 Å². The average molecular weight is 287 g/mol. The highest BCUT2D eigenvalue weighted by atomic mass is 79.9. The molecule has 1 aromatic carbocycles. The van der Waals surface area contributed by atoms with Crippen LogP contribution in [0, 0.1) is 5.41 Å². The van der Waals surface area contributed by atoms with Crippen molar-refractivity contribution in [3.63, 3.8) is 0 Å². The van der Waals surface area contributed by atoms with Gasteiger partial charge >= 0.3 is 0 Å². The maximum atomic E-state index is 7.33. The van der Waals surface area contributed by atoms with Gasteiger partial charge in [-0.1, -0.05) is 26.8 Å². The quantitative estimate of drug-likeness (QED) is 0.496. The summed E-state index contributed by atoms with van der Waals surface area (Å²) in [5.41, 5.74) is 6.17. The van der Waals surface area contributed by atoms with Crippen LogP contribution in [0.4, 0.5) is 0 Å². The van der Waals surface area contributed by atoms with Gasteiger partial charge in [0.15, 0.2) is 0 Å². The lowest BCUT2D eigenvalue weighted by atomic mass is 10.2. The minimum Gasteiger partial charge on any atom is -0.384 e. The lowest BCUT2D eigenvalue weighted by Gasteiger charge is -2.18. The van der Waals surface area contributed by atoms with E-state index in [1.54, 1.807) is 11.8 Å². The van der Waals surface area contributed by atoms with Gasteiger partial charge in [-0.05, 0) is 28.1 Å². The first-order chi connectivity index (χ1) is 6.79. The SMILES string of the molecule is CC(C)(C)Sc1ccc(C(=N)N)cc1Br. The second-order valence-electron chi connectivity index (χ2n) is 4.27. The van der Waals surface area contributed by atoms with Crippen LogP contribution < -0.4 is 5.73 Å². The van der Waals surface area contributed by atoms with Crippen LogP contribution in [0.5, 0.6) is 0 Å². The molecule has 0 aromatic heterocycles. The highest BCUT2D eigenvalue weighted by molar-refractivity contribution is 9.10. The van der Waals surface area contributed by atoms with Gasteiger partial charge < -0.3 is 5.73 Å². The van der Waals surface area contributed by atoms with Gasteiger partial charge in [0.05, 0.1) is 0 Å². The number of halogens is 1. The van der Waals surface area contributed by atoms with E-state index in [4.69, 9.17) is 11.1 Å². The van der Waals surface area contributed by atoms with Crippen LogP contribution in [0.15, 0.2) is 27.6 Å². The molecule has 0 aliphatic rings. The first-order valence-corrected chi connectivity index (χ1v) is 6.23.